The van der Waals surface area contributed by atoms with Gasteiger partial charge in [-0.25, -0.2) is 4.68 Å². The molecule has 0 saturated heterocycles. The molecule has 0 aliphatic rings. The molecule has 0 spiro atoms. The fourth-order valence-electron chi connectivity index (χ4n) is 2.40. The summed E-state index contributed by atoms with van der Waals surface area (Å²) in [6.07, 6.45) is 1.70. The largest absolute Gasteiger partial charge is 0.310 e. The summed E-state index contributed by atoms with van der Waals surface area (Å²) in [5.74, 6) is 1.86. The van der Waals surface area contributed by atoms with E-state index in [2.05, 4.69) is 35.5 Å². The predicted molar refractivity (Wildman–Crippen MR) is 107 cm³/mol. The zero-order chi connectivity index (χ0) is 17.6. The number of nitrogens with zero attached hydrogens (tertiary/aromatic N) is 2. The van der Waals surface area contributed by atoms with Crippen LogP contribution < -0.4 is 5.32 Å². The van der Waals surface area contributed by atoms with Gasteiger partial charge in [0.05, 0.1) is 22.8 Å². The highest BCUT2D eigenvalue weighted by atomic mass is 35.5. The summed E-state index contributed by atoms with van der Waals surface area (Å²) >= 11 is 9.03. The van der Waals surface area contributed by atoms with Crippen molar-refractivity contribution >= 4 is 46.4 Å². The Hall–Kier alpha value is -1.76. The Morgan fingerprint density at radius 1 is 1.32 bits per heavy atom. The molecule has 0 saturated carbocycles. The molecule has 1 amide bonds. The van der Waals surface area contributed by atoms with E-state index in [1.807, 2.05) is 24.3 Å². The number of aromatic nitrogens is 2. The molecule has 2 heterocycles. The van der Waals surface area contributed by atoms with Crippen LogP contribution in [0.25, 0.3) is 0 Å². The molecule has 0 radical (unpaired) electrons. The molecule has 25 heavy (non-hydrogen) atoms. The second kappa shape index (κ2) is 8.56. The van der Waals surface area contributed by atoms with Crippen molar-refractivity contribution in [2.24, 2.45) is 0 Å². The lowest BCUT2D eigenvalue weighted by Gasteiger charge is -2.09. The first-order chi connectivity index (χ1) is 12.1. The first kappa shape index (κ1) is 18.0. The molecule has 0 bridgehead atoms. The molecule has 0 fully saturated rings. The van der Waals surface area contributed by atoms with E-state index < -0.39 is 0 Å². The van der Waals surface area contributed by atoms with Gasteiger partial charge < -0.3 is 5.32 Å². The Labute approximate surface area is 160 Å². The highest BCUT2D eigenvalue weighted by molar-refractivity contribution is 7.99. The van der Waals surface area contributed by atoms with E-state index in [-0.39, 0.29) is 5.91 Å². The number of benzene rings is 1. The third kappa shape index (κ3) is 5.36. The monoisotopic (exact) mass is 391 g/mol. The van der Waals surface area contributed by atoms with E-state index in [4.69, 9.17) is 11.6 Å². The fraction of sp³-hybridized carbons (Fsp3) is 0.222. The standard InChI is InChI=1S/C18H18ClN3OS2/c1-13-3-2-4-14(9-13)10-22-17(7-8-20-22)21-18(23)12-24-11-15-5-6-16(19)25-15/h2-9H,10-12H2,1H3,(H,21,23). The van der Waals surface area contributed by atoms with Crippen LogP contribution in [0.1, 0.15) is 16.0 Å². The minimum Gasteiger partial charge on any atom is -0.310 e. The van der Waals surface area contributed by atoms with E-state index in [0.29, 0.717) is 18.1 Å². The number of carbonyl (C=O) groups is 1. The van der Waals surface area contributed by atoms with E-state index in [1.165, 1.54) is 10.4 Å². The van der Waals surface area contributed by atoms with Crippen LogP contribution in [-0.2, 0) is 17.1 Å². The first-order valence-electron chi connectivity index (χ1n) is 7.79. The molecule has 2 aromatic heterocycles. The van der Waals surface area contributed by atoms with Crippen LogP contribution in [0.3, 0.4) is 0 Å². The zero-order valence-electron chi connectivity index (χ0n) is 13.7. The normalized spacial score (nSPS) is 10.8. The number of anilines is 1. The maximum absolute atomic E-state index is 12.2. The molecule has 4 nitrogen and oxygen atoms in total. The van der Waals surface area contributed by atoms with Crippen molar-refractivity contribution in [1.29, 1.82) is 0 Å². The number of thiophene rings is 1. The van der Waals surface area contributed by atoms with Crippen molar-refractivity contribution in [1.82, 2.24) is 9.78 Å². The number of carbonyl (C=O) groups excluding carboxylic acids is 1. The van der Waals surface area contributed by atoms with Crippen molar-refractivity contribution in [3.05, 3.63) is 69.0 Å². The molecule has 130 valence electrons. The lowest BCUT2D eigenvalue weighted by atomic mass is 10.1. The van der Waals surface area contributed by atoms with Gasteiger partial charge in [-0.05, 0) is 24.6 Å². The second-order valence-electron chi connectivity index (χ2n) is 5.61. The maximum atomic E-state index is 12.2. The van der Waals surface area contributed by atoms with Crippen LogP contribution in [0.15, 0.2) is 48.7 Å². The molecule has 1 aromatic carbocycles. The van der Waals surface area contributed by atoms with Crippen molar-refractivity contribution in [3.8, 4) is 0 Å². The van der Waals surface area contributed by atoms with E-state index in [1.54, 1.807) is 34.0 Å². The Kier molecular flexibility index (Phi) is 6.18. The SMILES string of the molecule is Cc1cccc(Cn2nccc2NC(=O)CSCc2ccc(Cl)s2)c1. The van der Waals surface area contributed by atoms with Crippen molar-refractivity contribution in [3.63, 3.8) is 0 Å². The van der Waals surface area contributed by atoms with E-state index in [0.717, 1.165) is 15.7 Å². The van der Waals surface area contributed by atoms with E-state index >= 15 is 0 Å². The third-order valence-corrected chi connectivity index (χ3v) is 5.90. The third-order valence-electron chi connectivity index (χ3n) is 3.51. The van der Waals surface area contributed by atoms with Crippen LogP contribution in [-0.4, -0.2) is 21.4 Å². The van der Waals surface area contributed by atoms with Crippen LogP contribution >= 0.6 is 34.7 Å². The van der Waals surface area contributed by atoms with Crippen molar-refractivity contribution in [2.45, 2.75) is 19.2 Å². The molecule has 1 N–H and O–H groups in total. The van der Waals surface area contributed by atoms with Gasteiger partial charge in [0, 0.05) is 16.7 Å². The molecule has 3 aromatic rings. The van der Waals surface area contributed by atoms with Crippen LogP contribution in [0.4, 0.5) is 5.82 Å². The lowest BCUT2D eigenvalue weighted by molar-refractivity contribution is -0.113. The summed E-state index contributed by atoms with van der Waals surface area (Å²) in [5.41, 5.74) is 2.36. The molecule has 0 unspecified atom stereocenters. The van der Waals surface area contributed by atoms with Crippen LogP contribution in [0.5, 0.6) is 0 Å². The van der Waals surface area contributed by atoms with Crippen molar-refractivity contribution < 1.29 is 4.79 Å². The summed E-state index contributed by atoms with van der Waals surface area (Å²) in [6, 6.07) is 14.0. The highest BCUT2D eigenvalue weighted by Crippen LogP contribution is 2.25. The van der Waals surface area contributed by atoms with Crippen LogP contribution in [0, 0.1) is 6.92 Å². The van der Waals surface area contributed by atoms with E-state index in [9.17, 15) is 4.79 Å². The Bertz CT molecular complexity index is 859. The van der Waals surface area contributed by atoms with Gasteiger partial charge in [-0.15, -0.1) is 23.1 Å². The van der Waals surface area contributed by atoms with Gasteiger partial charge in [-0.3, -0.25) is 4.79 Å². The number of aryl methyl sites for hydroxylation is 1. The molecule has 7 heteroatoms. The molecule has 0 aliphatic heterocycles. The summed E-state index contributed by atoms with van der Waals surface area (Å²) in [4.78, 5) is 13.3. The number of amides is 1. The average Bonchev–Trinajstić information content (AvgIpc) is 3.17. The minimum absolute atomic E-state index is 0.0290. The molecule has 0 atom stereocenters. The second-order valence-corrected chi connectivity index (χ2v) is 8.40. The smallest absolute Gasteiger partial charge is 0.235 e. The fourth-order valence-corrected chi connectivity index (χ4v) is 4.43. The Morgan fingerprint density at radius 3 is 2.96 bits per heavy atom. The summed E-state index contributed by atoms with van der Waals surface area (Å²) in [6.45, 7) is 2.69. The van der Waals surface area contributed by atoms with Gasteiger partial charge in [0.25, 0.3) is 0 Å². The number of rotatable bonds is 7. The zero-order valence-corrected chi connectivity index (χ0v) is 16.1. The number of thioether (sulfide) groups is 1. The average molecular weight is 392 g/mol. The number of hydrogen-bond donors (Lipinski definition) is 1. The summed E-state index contributed by atoms with van der Waals surface area (Å²) in [5, 5.41) is 7.24. The number of nitrogens with one attached hydrogen (secondary N) is 1. The quantitative estimate of drug-likeness (QED) is 0.627. The first-order valence-corrected chi connectivity index (χ1v) is 10.1. The van der Waals surface area contributed by atoms with Crippen LogP contribution in [0.2, 0.25) is 4.34 Å². The highest BCUT2D eigenvalue weighted by Gasteiger charge is 2.09. The van der Waals surface area contributed by atoms with Crippen molar-refractivity contribution in [2.75, 3.05) is 11.1 Å². The van der Waals surface area contributed by atoms with Gasteiger partial charge in [-0.1, -0.05) is 41.4 Å². The predicted octanol–water partition coefficient (Wildman–Crippen LogP) is 4.83. The molecular weight excluding hydrogens is 374 g/mol. The van der Waals surface area contributed by atoms with Gasteiger partial charge in [0.1, 0.15) is 5.82 Å². The van der Waals surface area contributed by atoms with Gasteiger partial charge in [0.2, 0.25) is 5.91 Å². The Morgan fingerprint density at radius 2 is 2.20 bits per heavy atom. The van der Waals surface area contributed by atoms with Gasteiger partial charge >= 0.3 is 0 Å². The number of halogens is 1. The van der Waals surface area contributed by atoms with Gasteiger partial charge in [-0.2, -0.15) is 5.10 Å². The molecule has 3 rings (SSSR count). The Balaban J connectivity index is 1.52. The van der Waals surface area contributed by atoms with Gasteiger partial charge in [0.15, 0.2) is 0 Å². The minimum atomic E-state index is -0.0290. The topological polar surface area (TPSA) is 46.9 Å². The maximum Gasteiger partial charge on any atom is 0.235 e. The number of hydrogen-bond acceptors (Lipinski definition) is 4. The molecular formula is C18H18ClN3OS2. The summed E-state index contributed by atoms with van der Waals surface area (Å²) < 4.78 is 2.58. The lowest BCUT2D eigenvalue weighted by Crippen LogP contribution is -2.18. The molecule has 0 aliphatic carbocycles. The summed E-state index contributed by atoms with van der Waals surface area (Å²) in [7, 11) is 0.